The first kappa shape index (κ1) is 14.1. The molecule has 0 heterocycles. The molecule has 0 aliphatic rings. The van der Waals surface area contributed by atoms with E-state index in [0.717, 1.165) is 10.0 Å². The largest absolute Gasteiger partial charge is 0.481 e. The van der Waals surface area contributed by atoms with Crippen LogP contribution < -0.4 is 5.32 Å². The van der Waals surface area contributed by atoms with Crippen LogP contribution in [0.25, 0.3) is 0 Å². The van der Waals surface area contributed by atoms with Crippen molar-refractivity contribution in [3.63, 3.8) is 0 Å². The lowest BCUT2D eigenvalue weighted by molar-refractivity contribution is -0.146. The van der Waals surface area contributed by atoms with Crippen molar-refractivity contribution in [3.8, 4) is 0 Å². The molecule has 1 rings (SSSR count). The van der Waals surface area contributed by atoms with Crippen molar-refractivity contribution in [1.82, 2.24) is 5.32 Å². The van der Waals surface area contributed by atoms with E-state index in [4.69, 9.17) is 5.11 Å². The van der Waals surface area contributed by atoms with Crippen molar-refractivity contribution < 1.29 is 14.3 Å². The van der Waals surface area contributed by atoms with E-state index < -0.39 is 11.4 Å². The lowest BCUT2D eigenvalue weighted by Crippen LogP contribution is -2.35. The first-order chi connectivity index (χ1) is 7.83. The highest BCUT2D eigenvalue weighted by Gasteiger charge is 2.26. The fourth-order valence-corrected chi connectivity index (χ4v) is 1.65. The van der Waals surface area contributed by atoms with Gasteiger partial charge in [0.25, 0.3) is 0 Å². The minimum atomic E-state index is -0.858. The van der Waals surface area contributed by atoms with Gasteiger partial charge in [0, 0.05) is 17.6 Å². The molecule has 1 aromatic rings. The second kappa shape index (κ2) is 5.60. The second-order valence-corrected chi connectivity index (χ2v) is 5.38. The normalized spacial score (nSPS) is 11.5. The maximum absolute atomic E-state index is 13.0. The number of nitrogens with one attached hydrogen (secondary N) is 1. The lowest BCUT2D eigenvalue weighted by Gasteiger charge is -2.19. The highest BCUT2D eigenvalue weighted by molar-refractivity contribution is 9.10. The summed E-state index contributed by atoms with van der Waals surface area (Å²) in [6.45, 7) is 4.03. The Hall–Kier alpha value is -0.940. The molecular weight excluding hydrogens is 289 g/mol. The number of halogens is 2. The number of carbonyl (C=O) groups is 1. The van der Waals surface area contributed by atoms with Crippen LogP contribution in [0.2, 0.25) is 0 Å². The highest BCUT2D eigenvalue weighted by atomic mass is 79.9. The second-order valence-electron chi connectivity index (χ2n) is 4.53. The molecule has 0 unspecified atom stereocenters. The van der Waals surface area contributed by atoms with Crippen LogP contribution in [-0.2, 0) is 11.3 Å². The summed E-state index contributed by atoms with van der Waals surface area (Å²) < 4.78 is 13.8. The molecule has 0 amide bonds. The lowest BCUT2D eigenvalue weighted by atomic mass is 9.94. The van der Waals surface area contributed by atoms with Crippen LogP contribution >= 0.6 is 15.9 Å². The SMILES string of the molecule is CC(C)(CNCc1cc(F)ccc1Br)C(=O)O. The molecule has 0 saturated carbocycles. The number of carboxylic acids is 1. The van der Waals surface area contributed by atoms with E-state index in [9.17, 15) is 9.18 Å². The van der Waals surface area contributed by atoms with E-state index >= 15 is 0 Å². The Morgan fingerprint density at radius 1 is 1.53 bits per heavy atom. The molecule has 0 bridgehead atoms. The van der Waals surface area contributed by atoms with Crippen LogP contribution in [-0.4, -0.2) is 17.6 Å². The molecular formula is C12H15BrFNO2. The third-order valence-electron chi connectivity index (χ3n) is 2.47. The minimum Gasteiger partial charge on any atom is -0.481 e. The Kier molecular flexibility index (Phi) is 4.65. The third-order valence-corrected chi connectivity index (χ3v) is 3.24. The zero-order valence-corrected chi connectivity index (χ0v) is 11.3. The molecule has 0 aromatic heterocycles. The monoisotopic (exact) mass is 303 g/mol. The van der Waals surface area contributed by atoms with Crippen molar-refractivity contribution in [2.75, 3.05) is 6.54 Å². The van der Waals surface area contributed by atoms with Crippen molar-refractivity contribution in [1.29, 1.82) is 0 Å². The van der Waals surface area contributed by atoms with Gasteiger partial charge in [-0.3, -0.25) is 4.79 Å². The summed E-state index contributed by atoms with van der Waals surface area (Å²) >= 11 is 3.32. The van der Waals surface area contributed by atoms with E-state index in [1.54, 1.807) is 19.9 Å². The van der Waals surface area contributed by atoms with Gasteiger partial charge >= 0.3 is 5.97 Å². The molecule has 0 aliphatic heterocycles. The summed E-state index contributed by atoms with van der Waals surface area (Å²) in [4.78, 5) is 10.9. The van der Waals surface area contributed by atoms with Crippen LogP contribution in [0.1, 0.15) is 19.4 Å². The van der Waals surface area contributed by atoms with E-state index in [0.29, 0.717) is 13.1 Å². The fraction of sp³-hybridized carbons (Fsp3) is 0.417. The Balaban J connectivity index is 2.57. The Bertz CT molecular complexity index is 421. The van der Waals surface area contributed by atoms with E-state index in [-0.39, 0.29) is 5.82 Å². The van der Waals surface area contributed by atoms with Crippen LogP contribution in [0.5, 0.6) is 0 Å². The van der Waals surface area contributed by atoms with Gasteiger partial charge in [0.05, 0.1) is 5.41 Å². The van der Waals surface area contributed by atoms with Gasteiger partial charge in [-0.2, -0.15) is 0 Å². The molecule has 94 valence electrons. The van der Waals surface area contributed by atoms with Gasteiger partial charge in [0.15, 0.2) is 0 Å². The number of aliphatic carboxylic acids is 1. The van der Waals surface area contributed by atoms with Crippen molar-refractivity contribution in [2.24, 2.45) is 5.41 Å². The van der Waals surface area contributed by atoms with Gasteiger partial charge in [-0.1, -0.05) is 15.9 Å². The third kappa shape index (κ3) is 4.09. The molecule has 0 aliphatic carbocycles. The topological polar surface area (TPSA) is 49.3 Å². The summed E-state index contributed by atoms with van der Waals surface area (Å²) in [6.07, 6.45) is 0. The summed E-state index contributed by atoms with van der Waals surface area (Å²) in [5.74, 6) is -1.16. The molecule has 0 fully saturated rings. The van der Waals surface area contributed by atoms with Crippen LogP contribution in [0.4, 0.5) is 4.39 Å². The van der Waals surface area contributed by atoms with Crippen molar-refractivity contribution in [3.05, 3.63) is 34.1 Å². The molecule has 0 spiro atoms. The number of carboxylic acid groups (broad SMARTS) is 1. The van der Waals surface area contributed by atoms with Gasteiger partial charge in [-0.05, 0) is 37.6 Å². The summed E-state index contributed by atoms with van der Waals surface area (Å²) in [5.41, 5.74) is -0.0639. The minimum absolute atomic E-state index is 0.303. The van der Waals surface area contributed by atoms with E-state index in [1.807, 2.05) is 0 Å². The molecule has 1 aromatic carbocycles. The molecule has 3 nitrogen and oxygen atoms in total. The average Bonchev–Trinajstić information content (AvgIpc) is 2.22. The van der Waals surface area contributed by atoms with Gasteiger partial charge in [-0.25, -0.2) is 4.39 Å². The fourth-order valence-electron chi connectivity index (χ4n) is 1.26. The van der Waals surface area contributed by atoms with Crippen molar-refractivity contribution >= 4 is 21.9 Å². The quantitative estimate of drug-likeness (QED) is 0.879. The number of rotatable bonds is 5. The van der Waals surface area contributed by atoms with Crippen LogP contribution in [0.15, 0.2) is 22.7 Å². The molecule has 2 N–H and O–H groups in total. The van der Waals surface area contributed by atoms with Crippen LogP contribution in [0, 0.1) is 11.2 Å². The van der Waals surface area contributed by atoms with Gasteiger partial charge in [0.2, 0.25) is 0 Å². The Morgan fingerprint density at radius 3 is 2.76 bits per heavy atom. The summed E-state index contributed by atoms with van der Waals surface area (Å²) in [5, 5.41) is 11.9. The maximum Gasteiger partial charge on any atom is 0.310 e. The molecule has 0 saturated heterocycles. The zero-order chi connectivity index (χ0) is 13.1. The van der Waals surface area contributed by atoms with Crippen LogP contribution in [0.3, 0.4) is 0 Å². The Labute approximate surface area is 108 Å². The van der Waals surface area contributed by atoms with Gasteiger partial charge in [0.1, 0.15) is 5.82 Å². The van der Waals surface area contributed by atoms with E-state index in [2.05, 4.69) is 21.2 Å². The molecule has 17 heavy (non-hydrogen) atoms. The maximum atomic E-state index is 13.0. The first-order valence-electron chi connectivity index (χ1n) is 5.21. The molecule has 0 atom stereocenters. The molecule has 0 radical (unpaired) electrons. The number of hydrogen-bond acceptors (Lipinski definition) is 2. The standard InChI is InChI=1S/C12H15BrFNO2/c1-12(2,11(16)17)7-15-6-8-5-9(14)3-4-10(8)13/h3-5,15H,6-7H2,1-2H3,(H,16,17). The van der Waals surface area contributed by atoms with Gasteiger partial charge < -0.3 is 10.4 Å². The highest BCUT2D eigenvalue weighted by Crippen LogP contribution is 2.18. The van der Waals surface area contributed by atoms with E-state index in [1.165, 1.54) is 12.1 Å². The summed E-state index contributed by atoms with van der Waals surface area (Å²) in [6, 6.07) is 4.42. The summed E-state index contributed by atoms with van der Waals surface area (Å²) in [7, 11) is 0. The van der Waals surface area contributed by atoms with Gasteiger partial charge in [-0.15, -0.1) is 0 Å². The number of hydrogen-bond donors (Lipinski definition) is 2. The van der Waals surface area contributed by atoms with Crippen molar-refractivity contribution in [2.45, 2.75) is 20.4 Å². The predicted octanol–water partition coefficient (Wildman–Crippen LogP) is 2.79. The first-order valence-corrected chi connectivity index (χ1v) is 6.00. The Morgan fingerprint density at radius 2 is 2.18 bits per heavy atom. The average molecular weight is 304 g/mol. The predicted molar refractivity (Wildman–Crippen MR) is 67.2 cm³/mol. The molecule has 5 heteroatoms. The zero-order valence-electron chi connectivity index (χ0n) is 9.76. The number of benzene rings is 1. The smallest absolute Gasteiger partial charge is 0.310 e.